The van der Waals surface area contributed by atoms with Crippen molar-refractivity contribution < 1.29 is 0 Å². The minimum absolute atomic E-state index is 0.360. The van der Waals surface area contributed by atoms with E-state index in [0.717, 1.165) is 18.9 Å². The zero-order chi connectivity index (χ0) is 14.7. The standard InChI is InChI=1S/C18H26N2S/c1-14-7-10-18(11-8-14)13-21-17(20-18)19-12-9-16-6-4-3-5-15(16)2/h3-6,14H,7-13H2,1-2H3,(H,19,20). The number of rotatable bonds is 3. The van der Waals surface area contributed by atoms with Crippen LogP contribution < -0.4 is 5.32 Å². The predicted octanol–water partition coefficient (Wildman–Crippen LogP) is 4.18. The molecule has 1 aliphatic carbocycles. The minimum atomic E-state index is 0.360. The number of benzene rings is 1. The number of nitrogens with zero attached hydrogens (tertiary/aromatic N) is 1. The van der Waals surface area contributed by atoms with E-state index in [1.165, 1.54) is 47.7 Å². The highest BCUT2D eigenvalue weighted by Gasteiger charge is 2.39. The molecule has 1 aromatic carbocycles. The molecule has 1 aliphatic heterocycles. The highest BCUT2D eigenvalue weighted by atomic mass is 32.2. The van der Waals surface area contributed by atoms with Crippen LogP contribution in [0, 0.1) is 12.8 Å². The zero-order valence-electron chi connectivity index (χ0n) is 13.2. The Morgan fingerprint density at radius 1 is 1.29 bits per heavy atom. The lowest BCUT2D eigenvalue weighted by molar-refractivity contribution is 0.251. The van der Waals surface area contributed by atoms with Crippen LogP contribution in [0.5, 0.6) is 0 Å². The number of nitrogens with one attached hydrogen (secondary N) is 1. The summed E-state index contributed by atoms with van der Waals surface area (Å²) in [4.78, 5) is 4.80. The maximum Gasteiger partial charge on any atom is 0.157 e. The highest BCUT2D eigenvalue weighted by molar-refractivity contribution is 8.14. The van der Waals surface area contributed by atoms with Crippen LogP contribution in [0.4, 0.5) is 0 Å². The first-order valence-corrected chi connectivity index (χ1v) is 9.15. The van der Waals surface area contributed by atoms with Gasteiger partial charge in [-0.25, -0.2) is 0 Å². The lowest BCUT2D eigenvalue weighted by atomic mass is 9.78. The van der Waals surface area contributed by atoms with E-state index in [0.29, 0.717) is 5.54 Å². The van der Waals surface area contributed by atoms with E-state index in [1.807, 2.05) is 11.8 Å². The number of hydrogen-bond acceptors (Lipinski definition) is 2. The maximum absolute atomic E-state index is 4.80. The van der Waals surface area contributed by atoms with Gasteiger partial charge in [0.15, 0.2) is 5.17 Å². The molecule has 1 saturated carbocycles. The third-order valence-corrected chi connectivity index (χ3v) is 6.19. The summed E-state index contributed by atoms with van der Waals surface area (Å²) >= 11 is 1.93. The number of thioether (sulfide) groups is 1. The summed E-state index contributed by atoms with van der Waals surface area (Å²) in [5.41, 5.74) is 3.16. The van der Waals surface area contributed by atoms with Crippen LogP contribution in [0.25, 0.3) is 0 Å². The smallest absolute Gasteiger partial charge is 0.157 e. The van der Waals surface area contributed by atoms with Crippen molar-refractivity contribution in [2.45, 2.75) is 51.5 Å². The summed E-state index contributed by atoms with van der Waals surface area (Å²) in [6.07, 6.45) is 6.41. The van der Waals surface area contributed by atoms with Crippen LogP contribution in [0.15, 0.2) is 29.3 Å². The molecule has 0 bridgehead atoms. The van der Waals surface area contributed by atoms with Gasteiger partial charge in [-0.3, -0.25) is 4.99 Å². The quantitative estimate of drug-likeness (QED) is 0.906. The molecule has 1 N–H and O–H groups in total. The fourth-order valence-corrected chi connectivity index (χ4v) is 4.59. The number of aliphatic imine (C=N–C) groups is 1. The molecular weight excluding hydrogens is 276 g/mol. The minimum Gasteiger partial charge on any atom is -0.359 e. The van der Waals surface area contributed by atoms with Gasteiger partial charge in [-0.15, -0.1) is 0 Å². The van der Waals surface area contributed by atoms with Crippen LogP contribution >= 0.6 is 11.8 Å². The van der Waals surface area contributed by atoms with Gasteiger partial charge >= 0.3 is 0 Å². The fraction of sp³-hybridized carbons (Fsp3) is 0.611. The van der Waals surface area contributed by atoms with E-state index < -0.39 is 0 Å². The molecule has 3 heteroatoms. The maximum atomic E-state index is 4.80. The van der Waals surface area contributed by atoms with Gasteiger partial charge in [0.2, 0.25) is 0 Å². The third-order valence-electron chi connectivity index (χ3n) is 4.99. The molecule has 114 valence electrons. The van der Waals surface area contributed by atoms with Crippen LogP contribution in [0.3, 0.4) is 0 Å². The summed E-state index contributed by atoms with van der Waals surface area (Å²) in [5.74, 6) is 2.12. The molecule has 1 spiro atoms. The molecule has 21 heavy (non-hydrogen) atoms. The van der Waals surface area contributed by atoms with Gasteiger partial charge in [-0.1, -0.05) is 43.0 Å². The first-order chi connectivity index (χ1) is 10.2. The van der Waals surface area contributed by atoms with Crippen molar-refractivity contribution in [2.24, 2.45) is 10.9 Å². The van der Waals surface area contributed by atoms with Crippen LogP contribution in [-0.4, -0.2) is 23.0 Å². The van der Waals surface area contributed by atoms with Gasteiger partial charge in [0, 0.05) is 17.8 Å². The third kappa shape index (κ3) is 3.63. The van der Waals surface area contributed by atoms with E-state index in [4.69, 9.17) is 4.99 Å². The Morgan fingerprint density at radius 3 is 2.81 bits per heavy atom. The molecule has 0 atom stereocenters. The molecule has 0 aromatic heterocycles. The molecule has 2 fully saturated rings. The second-order valence-electron chi connectivity index (χ2n) is 6.74. The molecule has 1 aromatic rings. The molecule has 2 aliphatic rings. The van der Waals surface area contributed by atoms with Crippen molar-refractivity contribution in [3.63, 3.8) is 0 Å². The van der Waals surface area contributed by atoms with Crippen molar-refractivity contribution >= 4 is 16.9 Å². The Hall–Kier alpha value is -0.960. The van der Waals surface area contributed by atoms with Crippen LogP contribution in [0.2, 0.25) is 0 Å². The normalized spacial score (nSPS) is 30.8. The number of hydrogen-bond donors (Lipinski definition) is 1. The van der Waals surface area contributed by atoms with Crippen LogP contribution in [0.1, 0.15) is 43.7 Å². The monoisotopic (exact) mass is 302 g/mol. The Bertz CT molecular complexity index is 516. The fourth-order valence-electron chi connectivity index (χ4n) is 3.34. The van der Waals surface area contributed by atoms with Crippen molar-refractivity contribution in [2.75, 3.05) is 12.3 Å². The Balaban J connectivity index is 1.53. The second kappa shape index (κ2) is 6.43. The predicted molar refractivity (Wildman–Crippen MR) is 93.1 cm³/mol. The first-order valence-electron chi connectivity index (χ1n) is 8.17. The van der Waals surface area contributed by atoms with Crippen molar-refractivity contribution in [1.29, 1.82) is 0 Å². The topological polar surface area (TPSA) is 24.4 Å². The van der Waals surface area contributed by atoms with Gasteiger partial charge in [-0.2, -0.15) is 0 Å². The van der Waals surface area contributed by atoms with Crippen LogP contribution in [-0.2, 0) is 6.42 Å². The molecular formula is C18H26N2S. The SMILES string of the molecule is Cc1ccccc1CCN=C1NC2(CCC(C)CC2)CS1. The lowest BCUT2D eigenvalue weighted by Crippen LogP contribution is -2.46. The average molecular weight is 302 g/mol. The average Bonchev–Trinajstić information content (AvgIpc) is 2.88. The summed E-state index contributed by atoms with van der Waals surface area (Å²) in [7, 11) is 0. The largest absolute Gasteiger partial charge is 0.359 e. The number of amidine groups is 1. The molecule has 0 unspecified atom stereocenters. The summed E-state index contributed by atoms with van der Waals surface area (Å²) in [6.45, 7) is 5.46. The van der Waals surface area contributed by atoms with Crippen molar-refractivity contribution in [1.82, 2.24) is 5.32 Å². The molecule has 1 heterocycles. The van der Waals surface area contributed by atoms with Gasteiger partial charge in [0.05, 0.1) is 0 Å². The van der Waals surface area contributed by atoms with Gasteiger partial charge in [0.25, 0.3) is 0 Å². The zero-order valence-corrected chi connectivity index (χ0v) is 14.0. The van der Waals surface area contributed by atoms with Gasteiger partial charge < -0.3 is 5.32 Å². The molecule has 3 rings (SSSR count). The van der Waals surface area contributed by atoms with E-state index in [-0.39, 0.29) is 0 Å². The Morgan fingerprint density at radius 2 is 2.05 bits per heavy atom. The Kier molecular flexibility index (Phi) is 4.58. The molecule has 1 saturated heterocycles. The van der Waals surface area contributed by atoms with Gasteiger partial charge in [-0.05, 0) is 56.1 Å². The molecule has 0 radical (unpaired) electrons. The summed E-state index contributed by atoms with van der Waals surface area (Å²) in [6, 6.07) is 8.63. The second-order valence-corrected chi connectivity index (χ2v) is 7.70. The van der Waals surface area contributed by atoms with Crippen molar-refractivity contribution in [3.8, 4) is 0 Å². The molecule has 2 nitrogen and oxygen atoms in total. The van der Waals surface area contributed by atoms with E-state index in [1.54, 1.807) is 0 Å². The molecule has 0 amide bonds. The first kappa shape index (κ1) is 15.0. The van der Waals surface area contributed by atoms with E-state index in [9.17, 15) is 0 Å². The van der Waals surface area contributed by atoms with Gasteiger partial charge in [0.1, 0.15) is 0 Å². The highest BCUT2D eigenvalue weighted by Crippen LogP contribution is 2.38. The van der Waals surface area contributed by atoms with E-state index >= 15 is 0 Å². The summed E-state index contributed by atoms with van der Waals surface area (Å²) in [5, 5.41) is 4.92. The van der Waals surface area contributed by atoms with E-state index in [2.05, 4.69) is 43.4 Å². The lowest BCUT2D eigenvalue weighted by Gasteiger charge is -2.35. The Labute approximate surface area is 132 Å². The number of aryl methyl sites for hydroxylation is 1. The van der Waals surface area contributed by atoms with Crippen molar-refractivity contribution in [3.05, 3.63) is 35.4 Å². The summed E-state index contributed by atoms with van der Waals surface area (Å²) < 4.78 is 0.